The van der Waals surface area contributed by atoms with Crippen molar-refractivity contribution in [2.75, 3.05) is 19.8 Å². The largest absolute Gasteiger partial charge is 0.486 e. The third kappa shape index (κ3) is 3.41. The monoisotopic (exact) mass is 349 g/mol. The molecule has 0 fully saturated rings. The van der Waals surface area contributed by atoms with Crippen LogP contribution in [0.4, 0.5) is 5.69 Å². The second-order valence-corrected chi connectivity index (χ2v) is 5.38. The van der Waals surface area contributed by atoms with E-state index in [1.54, 1.807) is 18.2 Å². The first-order chi connectivity index (χ1) is 11.5. The molecule has 0 aromatic heterocycles. The van der Waals surface area contributed by atoms with Gasteiger partial charge in [-0.05, 0) is 30.3 Å². The number of hydrogen-bond acceptors (Lipinski definition) is 6. The van der Waals surface area contributed by atoms with Crippen molar-refractivity contribution in [2.24, 2.45) is 0 Å². The first-order valence-corrected chi connectivity index (χ1v) is 7.42. The number of carbonyl (C=O) groups is 1. The van der Waals surface area contributed by atoms with Crippen molar-refractivity contribution in [2.45, 2.75) is 0 Å². The molecule has 124 valence electrons. The molecule has 0 spiro atoms. The SMILES string of the molecule is O=C(COc1ccc(Cl)cc1[N+](=O)[O-])c1ccc2c(c1)OCCO2. The van der Waals surface area contributed by atoms with Crippen LogP contribution in [-0.2, 0) is 0 Å². The number of nitro benzene ring substituents is 1. The van der Waals surface area contributed by atoms with Crippen molar-refractivity contribution in [1.29, 1.82) is 0 Å². The number of benzene rings is 2. The summed E-state index contributed by atoms with van der Waals surface area (Å²) in [7, 11) is 0. The fourth-order valence-electron chi connectivity index (χ4n) is 2.20. The Morgan fingerprint density at radius 2 is 1.92 bits per heavy atom. The van der Waals surface area contributed by atoms with E-state index < -0.39 is 4.92 Å². The van der Waals surface area contributed by atoms with E-state index in [-0.39, 0.29) is 28.8 Å². The van der Waals surface area contributed by atoms with Gasteiger partial charge in [0.15, 0.2) is 29.6 Å². The number of Topliss-reactive ketones (excluding diaryl/α,β-unsaturated/α-hetero) is 1. The van der Waals surface area contributed by atoms with E-state index in [4.69, 9.17) is 25.8 Å². The van der Waals surface area contributed by atoms with Crippen LogP contribution in [0.25, 0.3) is 0 Å². The minimum absolute atomic E-state index is 0.0182. The molecule has 1 aliphatic rings. The lowest BCUT2D eigenvalue weighted by molar-refractivity contribution is -0.385. The van der Waals surface area contributed by atoms with Gasteiger partial charge < -0.3 is 14.2 Å². The Morgan fingerprint density at radius 3 is 2.67 bits per heavy atom. The number of nitrogens with zero attached hydrogens (tertiary/aromatic N) is 1. The number of nitro groups is 1. The molecule has 24 heavy (non-hydrogen) atoms. The zero-order valence-corrected chi connectivity index (χ0v) is 13.1. The van der Waals surface area contributed by atoms with Crippen molar-refractivity contribution in [3.05, 3.63) is 57.1 Å². The molecule has 0 bridgehead atoms. The molecule has 1 heterocycles. The Bertz CT molecular complexity index is 807. The first-order valence-electron chi connectivity index (χ1n) is 7.04. The third-order valence-electron chi connectivity index (χ3n) is 3.34. The second-order valence-electron chi connectivity index (χ2n) is 4.94. The molecular formula is C16H12ClNO6. The minimum atomic E-state index is -0.615. The fourth-order valence-corrected chi connectivity index (χ4v) is 2.37. The number of ketones is 1. The van der Waals surface area contributed by atoms with E-state index in [0.717, 1.165) is 0 Å². The number of rotatable bonds is 5. The molecular weight excluding hydrogens is 338 g/mol. The van der Waals surface area contributed by atoms with Gasteiger partial charge in [-0.1, -0.05) is 11.6 Å². The summed E-state index contributed by atoms with van der Waals surface area (Å²) in [6.07, 6.45) is 0. The standard InChI is InChI=1S/C16H12ClNO6/c17-11-2-4-14(12(8-11)18(20)21)24-9-13(19)10-1-3-15-16(7-10)23-6-5-22-15/h1-4,7-8H,5-6,9H2. The van der Waals surface area contributed by atoms with Crippen LogP contribution < -0.4 is 14.2 Å². The molecule has 0 unspecified atom stereocenters. The van der Waals surface area contributed by atoms with Crippen LogP contribution >= 0.6 is 11.6 Å². The van der Waals surface area contributed by atoms with E-state index >= 15 is 0 Å². The van der Waals surface area contributed by atoms with Crippen LogP contribution in [0.3, 0.4) is 0 Å². The first kappa shape index (κ1) is 16.1. The molecule has 0 radical (unpaired) electrons. The molecule has 0 N–H and O–H groups in total. The molecule has 0 aliphatic carbocycles. The normalized spacial score (nSPS) is 12.5. The highest BCUT2D eigenvalue weighted by molar-refractivity contribution is 6.30. The highest BCUT2D eigenvalue weighted by atomic mass is 35.5. The Hall–Kier alpha value is -2.80. The third-order valence-corrected chi connectivity index (χ3v) is 3.58. The van der Waals surface area contributed by atoms with Gasteiger partial charge in [-0.2, -0.15) is 0 Å². The van der Waals surface area contributed by atoms with Gasteiger partial charge in [0.1, 0.15) is 13.2 Å². The summed E-state index contributed by atoms with van der Waals surface area (Å²) >= 11 is 5.73. The molecule has 0 amide bonds. The number of fused-ring (bicyclic) bond motifs is 1. The zero-order chi connectivity index (χ0) is 17.1. The van der Waals surface area contributed by atoms with Crippen molar-refractivity contribution in [1.82, 2.24) is 0 Å². The number of ether oxygens (including phenoxy) is 3. The van der Waals surface area contributed by atoms with Crippen molar-refractivity contribution in [3.63, 3.8) is 0 Å². The van der Waals surface area contributed by atoms with Crippen LogP contribution in [0.2, 0.25) is 5.02 Å². The molecule has 2 aromatic rings. The smallest absolute Gasteiger partial charge is 0.312 e. The maximum absolute atomic E-state index is 12.2. The van der Waals surface area contributed by atoms with Crippen molar-refractivity contribution in [3.8, 4) is 17.2 Å². The lowest BCUT2D eigenvalue weighted by Crippen LogP contribution is -2.17. The lowest BCUT2D eigenvalue weighted by atomic mass is 10.1. The Balaban J connectivity index is 1.73. The predicted molar refractivity (Wildman–Crippen MR) is 85.4 cm³/mol. The van der Waals surface area contributed by atoms with Crippen molar-refractivity contribution < 1.29 is 23.9 Å². The summed E-state index contributed by atoms with van der Waals surface area (Å²) in [6, 6.07) is 8.79. The molecule has 0 saturated carbocycles. The Morgan fingerprint density at radius 1 is 1.17 bits per heavy atom. The van der Waals surface area contributed by atoms with Gasteiger partial charge in [0, 0.05) is 16.7 Å². The maximum atomic E-state index is 12.2. The van der Waals surface area contributed by atoms with Crippen molar-refractivity contribution >= 4 is 23.1 Å². The van der Waals surface area contributed by atoms with Crippen LogP contribution in [0.1, 0.15) is 10.4 Å². The Kier molecular flexibility index (Phi) is 4.52. The average Bonchev–Trinajstić information content (AvgIpc) is 2.59. The van der Waals surface area contributed by atoms with Crippen LogP contribution in [0.15, 0.2) is 36.4 Å². The van der Waals surface area contributed by atoms with Crippen LogP contribution in [0.5, 0.6) is 17.2 Å². The quantitative estimate of drug-likeness (QED) is 0.467. The maximum Gasteiger partial charge on any atom is 0.312 e. The molecule has 0 atom stereocenters. The van der Waals surface area contributed by atoms with Gasteiger partial charge in [-0.3, -0.25) is 14.9 Å². The highest BCUT2D eigenvalue weighted by Crippen LogP contribution is 2.32. The summed E-state index contributed by atoms with van der Waals surface area (Å²) in [4.78, 5) is 22.6. The van der Waals surface area contributed by atoms with Gasteiger partial charge in [0.2, 0.25) is 0 Å². The second kappa shape index (κ2) is 6.76. The Labute approximate surface area is 141 Å². The van der Waals surface area contributed by atoms with E-state index in [2.05, 4.69) is 0 Å². The summed E-state index contributed by atoms with van der Waals surface area (Å²) < 4.78 is 16.1. The summed E-state index contributed by atoms with van der Waals surface area (Å²) in [6.45, 7) is 0.532. The lowest BCUT2D eigenvalue weighted by Gasteiger charge is -2.18. The summed E-state index contributed by atoms with van der Waals surface area (Å²) in [5, 5.41) is 11.2. The van der Waals surface area contributed by atoms with Gasteiger partial charge in [-0.15, -0.1) is 0 Å². The molecule has 2 aromatic carbocycles. The fraction of sp³-hybridized carbons (Fsp3) is 0.188. The van der Waals surface area contributed by atoms with E-state index in [1.165, 1.54) is 18.2 Å². The number of halogens is 1. The van der Waals surface area contributed by atoms with Gasteiger partial charge >= 0.3 is 5.69 Å². The molecule has 3 rings (SSSR count). The number of hydrogen-bond donors (Lipinski definition) is 0. The van der Waals surface area contributed by atoms with Gasteiger partial charge in [-0.25, -0.2) is 0 Å². The molecule has 0 saturated heterocycles. The molecule has 1 aliphatic heterocycles. The predicted octanol–water partition coefficient (Wildman–Crippen LogP) is 3.28. The van der Waals surface area contributed by atoms with E-state index in [0.29, 0.717) is 30.3 Å². The van der Waals surface area contributed by atoms with Gasteiger partial charge in [0.05, 0.1) is 4.92 Å². The number of carbonyl (C=O) groups excluding carboxylic acids is 1. The van der Waals surface area contributed by atoms with Gasteiger partial charge in [0.25, 0.3) is 0 Å². The van der Waals surface area contributed by atoms with E-state index in [1.807, 2.05) is 0 Å². The zero-order valence-electron chi connectivity index (χ0n) is 12.4. The highest BCUT2D eigenvalue weighted by Gasteiger charge is 2.19. The molecule has 7 nitrogen and oxygen atoms in total. The topological polar surface area (TPSA) is 87.9 Å². The van der Waals surface area contributed by atoms with Crippen LogP contribution in [-0.4, -0.2) is 30.5 Å². The van der Waals surface area contributed by atoms with E-state index in [9.17, 15) is 14.9 Å². The molecule has 8 heteroatoms. The summed E-state index contributed by atoms with van der Waals surface area (Å²) in [5.74, 6) is 0.711. The minimum Gasteiger partial charge on any atom is -0.486 e. The summed E-state index contributed by atoms with van der Waals surface area (Å²) in [5.41, 5.74) is 0.0772. The average molecular weight is 350 g/mol. The van der Waals surface area contributed by atoms with Crippen LogP contribution in [0, 0.1) is 10.1 Å².